The zero-order chi connectivity index (χ0) is 23.1. The van der Waals surface area contributed by atoms with Gasteiger partial charge in [0, 0.05) is 38.1 Å². The van der Waals surface area contributed by atoms with Crippen molar-refractivity contribution in [3.05, 3.63) is 47.8 Å². The fourth-order valence-electron chi connectivity index (χ4n) is 4.22. The molecule has 0 aliphatic carbocycles. The van der Waals surface area contributed by atoms with Crippen LogP contribution >= 0.6 is 0 Å². The van der Waals surface area contributed by atoms with Crippen LogP contribution in [0.25, 0.3) is 22.5 Å². The first-order valence-corrected chi connectivity index (χ1v) is 12.0. The molecule has 0 N–H and O–H groups in total. The van der Waals surface area contributed by atoms with Crippen LogP contribution in [-0.2, 0) is 26.9 Å². The lowest BCUT2D eigenvalue weighted by atomic mass is 10.1. The number of imidazole rings is 2. The average Bonchev–Trinajstić information content (AvgIpc) is 3.32. The van der Waals surface area contributed by atoms with Gasteiger partial charge < -0.3 is 9.13 Å². The number of unbranched alkanes of at least 4 members (excludes halogenated alkanes) is 6. The molecule has 2 aromatic heterocycles. The van der Waals surface area contributed by atoms with Gasteiger partial charge in [-0.3, -0.25) is 0 Å². The Morgan fingerprint density at radius 3 is 1.44 bits per heavy atom. The summed E-state index contributed by atoms with van der Waals surface area (Å²) in [6.07, 6.45) is 14.1. The number of halogens is 2. The van der Waals surface area contributed by atoms with Gasteiger partial charge in [0.2, 0.25) is 0 Å². The molecular formula is C26H36F2N4. The molecule has 2 heterocycles. The standard InChI is InChI=1S/C26H36F2N4/c1-5-7-9-11-13-25-29-17-23(31(25)3)19-15-22(28)20(16-21(19)27)24-18-30-26(32(24)4)14-12-10-8-6-2/h15-18H,5-14H2,1-4H3. The number of aryl methyl sites for hydroxylation is 2. The second kappa shape index (κ2) is 11.4. The van der Waals surface area contributed by atoms with Crippen LogP contribution in [0.15, 0.2) is 24.5 Å². The van der Waals surface area contributed by atoms with Gasteiger partial charge in [-0.15, -0.1) is 0 Å². The summed E-state index contributed by atoms with van der Waals surface area (Å²) in [6, 6.07) is 2.58. The molecule has 0 saturated heterocycles. The molecule has 6 heteroatoms. The van der Waals surface area contributed by atoms with Crippen LogP contribution in [0.4, 0.5) is 8.78 Å². The van der Waals surface area contributed by atoms with Crippen molar-refractivity contribution in [2.75, 3.05) is 0 Å². The lowest BCUT2D eigenvalue weighted by Crippen LogP contribution is -2.03. The summed E-state index contributed by atoms with van der Waals surface area (Å²) < 4.78 is 34.0. The topological polar surface area (TPSA) is 35.6 Å². The second-order valence-corrected chi connectivity index (χ2v) is 8.67. The minimum absolute atomic E-state index is 0.239. The van der Waals surface area contributed by atoms with Crippen molar-refractivity contribution >= 4 is 0 Å². The van der Waals surface area contributed by atoms with Gasteiger partial charge in [0.1, 0.15) is 23.3 Å². The summed E-state index contributed by atoms with van der Waals surface area (Å²) in [5.41, 5.74) is 1.67. The smallest absolute Gasteiger partial charge is 0.133 e. The molecule has 174 valence electrons. The van der Waals surface area contributed by atoms with E-state index in [1.54, 1.807) is 12.4 Å². The number of benzene rings is 1. The number of hydrogen-bond acceptors (Lipinski definition) is 2. The molecule has 0 bridgehead atoms. The van der Waals surface area contributed by atoms with Gasteiger partial charge in [-0.25, -0.2) is 18.7 Å². The molecule has 0 atom stereocenters. The molecule has 4 nitrogen and oxygen atoms in total. The normalized spacial score (nSPS) is 11.4. The molecule has 1 aromatic carbocycles. The number of nitrogens with zero attached hydrogens (tertiary/aromatic N) is 4. The van der Waals surface area contributed by atoms with E-state index in [1.165, 1.54) is 37.8 Å². The monoisotopic (exact) mass is 442 g/mol. The van der Waals surface area contributed by atoms with E-state index in [1.807, 2.05) is 23.2 Å². The highest BCUT2D eigenvalue weighted by molar-refractivity contribution is 5.68. The molecule has 0 unspecified atom stereocenters. The summed E-state index contributed by atoms with van der Waals surface area (Å²) >= 11 is 0. The Hall–Kier alpha value is -2.50. The number of hydrogen-bond donors (Lipinski definition) is 0. The van der Waals surface area contributed by atoms with Crippen molar-refractivity contribution < 1.29 is 8.78 Å². The summed E-state index contributed by atoms with van der Waals surface area (Å²) in [7, 11) is 3.74. The molecule has 0 aliphatic heterocycles. The quantitative estimate of drug-likeness (QED) is 0.283. The van der Waals surface area contributed by atoms with Gasteiger partial charge >= 0.3 is 0 Å². The van der Waals surface area contributed by atoms with Crippen molar-refractivity contribution in [1.82, 2.24) is 19.1 Å². The molecule has 0 aliphatic rings. The average molecular weight is 443 g/mol. The molecule has 0 fully saturated rings. The first-order valence-electron chi connectivity index (χ1n) is 12.0. The first kappa shape index (κ1) is 24.1. The van der Waals surface area contributed by atoms with Crippen LogP contribution in [-0.4, -0.2) is 19.1 Å². The van der Waals surface area contributed by atoms with E-state index in [2.05, 4.69) is 23.8 Å². The molecule has 0 amide bonds. The predicted octanol–water partition coefficient (Wildman–Crippen LogP) is 7.01. The van der Waals surface area contributed by atoms with Crippen LogP contribution < -0.4 is 0 Å². The Bertz CT molecular complexity index is 937. The van der Waals surface area contributed by atoms with E-state index in [0.29, 0.717) is 11.4 Å². The van der Waals surface area contributed by atoms with E-state index in [0.717, 1.165) is 50.2 Å². The fourth-order valence-corrected chi connectivity index (χ4v) is 4.22. The van der Waals surface area contributed by atoms with Crippen molar-refractivity contribution in [1.29, 1.82) is 0 Å². The van der Waals surface area contributed by atoms with Crippen molar-refractivity contribution in [2.24, 2.45) is 14.1 Å². The molecule has 3 aromatic rings. The van der Waals surface area contributed by atoms with Crippen LogP contribution in [0.2, 0.25) is 0 Å². The fraction of sp³-hybridized carbons (Fsp3) is 0.538. The van der Waals surface area contributed by atoms with E-state index in [4.69, 9.17) is 0 Å². The maximum absolute atomic E-state index is 15.1. The van der Waals surface area contributed by atoms with Crippen LogP contribution in [0.5, 0.6) is 0 Å². The lowest BCUT2D eigenvalue weighted by Gasteiger charge is -2.11. The second-order valence-electron chi connectivity index (χ2n) is 8.67. The van der Waals surface area contributed by atoms with Crippen molar-refractivity contribution in [2.45, 2.75) is 78.1 Å². The maximum Gasteiger partial charge on any atom is 0.133 e. The van der Waals surface area contributed by atoms with Crippen molar-refractivity contribution in [3.63, 3.8) is 0 Å². The highest BCUT2D eigenvalue weighted by Crippen LogP contribution is 2.31. The van der Waals surface area contributed by atoms with Gasteiger partial charge in [-0.05, 0) is 25.0 Å². The van der Waals surface area contributed by atoms with E-state index >= 15 is 8.78 Å². The third kappa shape index (κ3) is 5.45. The van der Waals surface area contributed by atoms with Gasteiger partial charge in [0.25, 0.3) is 0 Å². The molecule has 32 heavy (non-hydrogen) atoms. The van der Waals surface area contributed by atoms with Crippen molar-refractivity contribution in [3.8, 4) is 22.5 Å². The van der Waals surface area contributed by atoms with Crippen LogP contribution in [0.3, 0.4) is 0 Å². The van der Waals surface area contributed by atoms with Gasteiger partial charge in [-0.1, -0.05) is 52.4 Å². The largest absolute Gasteiger partial charge is 0.331 e. The zero-order valence-corrected chi connectivity index (χ0v) is 19.9. The lowest BCUT2D eigenvalue weighted by molar-refractivity contribution is 0.602. The summed E-state index contributed by atoms with van der Waals surface area (Å²) in [4.78, 5) is 8.92. The van der Waals surface area contributed by atoms with Crippen LogP contribution in [0, 0.1) is 11.6 Å². The Morgan fingerprint density at radius 1 is 0.656 bits per heavy atom. The summed E-state index contributed by atoms with van der Waals surface area (Å²) in [6.45, 7) is 4.36. The number of aromatic nitrogens is 4. The Morgan fingerprint density at radius 2 is 1.06 bits per heavy atom. The van der Waals surface area contributed by atoms with E-state index in [9.17, 15) is 0 Å². The number of rotatable bonds is 12. The van der Waals surface area contributed by atoms with E-state index in [-0.39, 0.29) is 11.1 Å². The minimum Gasteiger partial charge on any atom is -0.331 e. The van der Waals surface area contributed by atoms with Gasteiger partial charge in [0.05, 0.1) is 23.8 Å². The molecule has 0 saturated carbocycles. The van der Waals surface area contributed by atoms with Crippen LogP contribution in [0.1, 0.15) is 76.9 Å². The highest BCUT2D eigenvalue weighted by Gasteiger charge is 2.19. The summed E-state index contributed by atoms with van der Waals surface area (Å²) in [5.74, 6) is 0.902. The Labute approximate surface area is 190 Å². The summed E-state index contributed by atoms with van der Waals surface area (Å²) in [5, 5.41) is 0. The molecule has 0 radical (unpaired) electrons. The Balaban J connectivity index is 1.81. The zero-order valence-electron chi connectivity index (χ0n) is 19.9. The van der Waals surface area contributed by atoms with Gasteiger partial charge in [0.15, 0.2) is 0 Å². The SMILES string of the molecule is CCCCCCc1ncc(-c2cc(F)c(-c3cnc(CCCCCC)n3C)cc2F)n1C. The first-order chi connectivity index (χ1) is 15.5. The molecular weight excluding hydrogens is 406 g/mol. The highest BCUT2D eigenvalue weighted by atomic mass is 19.1. The maximum atomic E-state index is 15.1. The molecule has 3 rings (SSSR count). The molecule has 0 spiro atoms. The minimum atomic E-state index is -0.451. The van der Waals surface area contributed by atoms with E-state index < -0.39 is 11.6 Å². The third-order valence-electron chi connectivity index (χ3n) is 6.29. The Kier molecular flexibility index (Phi) is 8.60. The third-order valence-corrected chi connectivity index (χ3v) is 6.29. The predicted molar refractivity (Wildman–Crippen MR) is 126 cm³/mol. The van der Waals surface area contributed by atoms with Gasteiger partial charge in [-0.2, -0.15) is 0 Å².